The second-order valence-electron chi connectivity index (χ2n) is 5.03. The van der Waals surface area contributed by atoms with Crippen LogP contribution in [0, 0.1) is 6.92 Å². The fourth-order valence-electron chi connectivity index (χ4n) is 2.53. The number of rotatable bonds is 4. The van der Waals surface area contributed by atoms with Crippen LogP contribution in [-0.4, -0.2) is 51.5 Å². The maximum absolute atomic E-state index is 11.9. The third kappa shape index (κ3) is 3.24. The van der Waals surface area contributed by atoms with Gasteiger partial charge in [0, 0.05) is 18.7 Å². The Morgan fingerprint density at radius 2 is 2.38 bits per heavy atom. The number of aromatic nitrogens is 2. The highest BCUT2D eigenvalue weighted by molar-refractivity contribution is 5.87. The summed E-state index contributed by atoms with van der Waals surface area (Å²) in [6.07, 6.45) is 4.22. The summed E-state index contributed by atoms with van der Waals surface area (Å²) in [6.45, 7) is 6.39. The van der Waals surface area contributed by atoms with E-state index in [4.69, 9.17) is 4.74 Å². The summed E-state index contributed by atoms with van der Waals surface area (Å²) in [5, 5.41) is 13.4. The summed E-state index contributed by atoms with van der Waals surface area (Å²) in [5.41, 5.74) is 0.801. The molecule has 0 aromatic carbocycles. The Hall–Kier alpha value is -2.31. The number of carbonyl (C=O) groups excluding carboxylic acids is 1. The normalized spacial score (nSPS) is 18.3. The molecule has 1 aromatic rings. The van der Waals surface area contributed by atoms with Crippen molar-refractivity contribution >= 4 is 12.1 Å². The molecular formula is C14H19N3O4. The first-order valence-corrected chi connectivity index (χ1v) is 6.84. The van der Waals surface area contributed by atoms with E-state index >= 15 is 0 Å². The number of carboxylic acid groups (broad SMARTS) is 1. The van der Waals surface area contributed by atoms with Crippen LogP contribution < -0.4 is 0 Å². The van der Waals surface area contributed by atoms with Crippen molar-refractivity contribution in [2.45, 2.75) is 25.8 Å². The fourth-order valence-corrected chi connectivity index (χ4v) is 2.53. The lowest BCUT2D eigenvalue weighted by molar-refractivity contribution is 0.0669. The average Bonchev–Trinajstić information content (AvgIpc) is 2.87. The van der Waals surface area contributed by atoms with Gasteiger partial charge in [-0.3, -0.25) is 4.68 Å². The van der Waals surface area contributed by atoms with E-state index in [9.17, 15) is 14.7 Å². The molecule has 1 aromatic heterocycles. The van der Waals surface area contributed by atoms with Crippen molar-refractivity contribution < 1.29 is 19.4 Å². The molecule has 2 rings (SSSR count). The molecule has 0 spiro atoms. The smallest absolute Gasteiger partial charge is 0.410 e. The van der Waals surface area contributed by atoms with Crippen LogP contribution in [0.2, 0.25) is 0 Å². The number of aromatic carboxylic acids is 1. The number of carboxylic acids is 1. The minimum absolute atomic E-state index is 0.144. The zero-order valence-electron chi connectivity index (χ0n) is 12.0. The van der Waals surface area contributed by atoms with Gasteiger partial charge < -0.3 is 14.7 Å². The number of aryl methyl sites for hydroxylation is 1. The van der Waals surface area contributed by atoms with E-state index < -0.39 is 12.1 Å². The van der Waals surface area contributed by atoms with Crippen LogP contribution in [0.5, 0.6) is 0 Å². The molecule has 0 saturated carbocycles. The number of likely N-dealkylation sites (tertiary alicyclic amines) is 1. The van der Waals surface area contributed by atoms with Gasteiger partial charge in [0.05, 0.1) is 12.2 Å². The monoisotopic (exact) mass is 293 g/mol. The second kappa shape index (κ2) is 6.43. The van der Waals surface area contributed by atoms with Crippen LogP contribution in [-0.2, 0) is 4.74 Å². The van der Waals surface area contributed by atoms with Crippen molar-refractivity contribution in [1.29, 1.82) is 0 Å². The minimum Gasteiger partial charge on any atom is -0.477 e. The summed E-state index contributed by atoms with van der Waals surface area (Å²) in [5.74, 6) is -1.00. The summed E-state index contributed by atoms with van der Waals surface area (Å²) in [6, 6.07) is -0.144. The SMILES string of the molecule is C=CCOC(=O)N1CCCC(n2ncc(C)c2C(=O)O)C1. The average molecular weight is 293 g/mol. The Kier molecular flexibility index (Phi) is 4.62. The van der Waals surface area contributed by atoms with Gasteiger partial charge in [0.2, 0.25) is 0 Å². The van der Waals surface area contributed by atoms with Crippen LogP contribution in [0.1, 0.15) is 34.9 Å². The maximum Gasteiger partial charge on any atom is 0.410 e. The van der Waals surface area contributed by atoms with Crippen molar-refractivity contribution in [3.05, 3.63) is 30.1 Å². The van der Waals surface area contributed by atoms with E-state index in [-0.39, 0.29) is 18.3 Å². The molecule has 1 saturated heterocycles. The Morgan fingerprint density at radius 1 is 1.62 bits per heavy atom. The highest BCUT2D eigenvalue weighted by Crippen LogP contribution is 2.24. The lowest BCUT2D eigenvalue weighted by Crippen LogP contribution is -2.41. The van der Waals surface area contributed by atoms with E-state index in [1.807, 2.05) is 0 Å². The van der Waals surface area contributed by atoms with E-state index in [0.29, 0.717) is 18.7 Å². The van der Waals surface area contributed by atoms with Gasteiger partial charge in [-0.05, 0) is 19.8 Å². The zero-order valence-corrected chi connectivity index (χ0v) is 12.0. The van der Waals surface area contributed by atoms with Gasteiger partial charge in [-0.2, -0.15) is 5.10 Å². The summed E-state index contributed by atoms with van der Waals surface area (Å²) in [4.78, 5) is 24.8. The Labute approximate surface area is 122 Å². The lowest BCUT2D eigenvalue weighted by atomic mass is 10.1. The van der Waals surface area contributed by atoms with Gasteiger partial charge in [0.1, 0.15) is 12.3 Å². The number of hydrogen-bond acceptors (Lipinski definition) is 4. The van der Waals surface area contributed by atoms with E-state index in [1.165, 1.54) is 10.8 Å². The molecule has 1 atom stereocenters. The number of amides is 1. The van der Waals surface area contributed by atoms with Gasteiger partial charge >= 0.3 is 12.1 Å². The molecule has 0 radical (unpaired) electrons. The quantitative estimate of drug-likeness (QED) is 0.856. The third-order valence-electron chi connectivity index (χ3n) is 3.51. The van der Waals surface area contributed by atoms with Crippen molar-refractivity contribution in [3.8, 4) is 0 Å². The zero-order chi connectivity index (χ0) is 15.4. The predicted octanol–water partition coefficient (Wildman–Crippen LogP) is 1.85. The van der Waals surface area contributed by atoms with Crippen LogP contribution >= 0.6 is 0 Å². The largest absolute Gasteiger partial charge is 0.477 e. The molecular weight excluding hydrogens is 274 g/mol. The van der Waals surface area contributed by atoms with Crippen molar-refractivity contribution in [3.63, 3.8) is 0 Å². The van der Waals surface area contributed by atoms with Crippen LogP contribution in [0.15, 0.2) is 18.9 Å². The first kappa shape index (κ1) is 15.1. The summed E-state index contributed by atoms with van der Waals surface area (Å²) < 4.78 is 6.53. The fraction of sp³-hybridized carbons (Fsp3) is 0.500. The highest BCUT2D eigenvalue weighted by Gasteiger charge is 2.29. The van der Waals surface area contributed by atoms with Crippen LogP contribution in [0.3, 0.4) is 0 Å². The molecule has 1 unspecified atom stereocenters. The molecule has 7 nitrogen and oxygen atoms in total. The van der Waals surface area contributed by atoms with Crippen LogP contribution in [0.25, 0.3) is 0 Å². The molecule has 21 heavy (non-hydrogen) atoms. The highest BCUT2D eigenvalue weighted by atomic mass is 16.6. The number of carbonyl (C=O) groups is 2. The van der Waals surface area contributed by atoms with E-state index in [0.717, 1.165) is 12.8 Å². The molecule has 1 N–H and O–H groups in total. The molecule has 7 heteroatoms. The molecule has 1 amide bonds. The lowest BCUT2D eigenvalue weighted by Gasteiger charge is -2.32. The standard InChI is InChI=1S/C14H19N3O4/c1-3-7-21-14(20)16-6-4-5-11(9-16)17-12(13(18)19)10(2)8-15-17/h3,8,11H,1,4-7,9H2,2H3,(H,18,19). The van der Waals surface area contributed by atoms with E-state index in [1.54, 1.807) is 18.0 Å². The molecule has 0 aliphatic carbocycles. The van der Waals surface area contributed by atoms with Crippen molar-refractivity contribution in [2.24, 2.45) is 0 Å². The van der Waals surface area contributed by atoms with Gasteiger partial charge in [-0.15, -0.1) is 0 Å². The Balaban J connectivity index is 2.13. The molecule has 114 valence electrons. The van der Waals surface area contributed by atoms with Crippen molar-refractivity contribution in [2.75, 3.05) is 19.7 Å². The van der Waals surface area contributed by atoms with Gasteiger partial charge in [0.15, 0.2) is 0 Å². The summed E-state index contributed by atoms with van der Waals surface area (Å²) >= 11 is 0. The number of hydrogen-bond donors (Lipinski definition) is 1. The second-order valence-corrected chi connectivity index (χ2v) is 5.03. The summed E-state index contributed by atoms with van der Waals surface area (Å²) in [7, 11) is 0. The van der Waals surface area contributed by atoms with Gasteiger partial charge in [0.25, 0.3) is 0 Å². The Bertz CT molecular complexity index is 552. The molecule has 1 fully saturated rings. The molecule has 0 bridgehead atoms. The number of ether oxygens (including phenoxy) is 1. The number of piperidine rings is 1. The first-order valence-electron chi connectivity index (χ1n) is 6.84. The van der Waals surface area contributed by atoms with Crippen LogP contribution in [0.4, 0.5) is 4.79 Å². The Morgan fingerprint density at radius 3 is 3.05 bits per heavy atom. The number of nitrogens with zero attached hydrogens (tertiary/aromatic N) is 3. The maximum atomic E-state index is 11.9. The van der Waals surface area contributed by atoms with Gasteiger partial charge in [-0.25, -0.2) is 9.59 Å². The topological polar surface area (TPSA) is 84.7 Å². The minimum atomic E-state index is -1.00. The van der Waals surface area contributed by atoms with Crippen molar-refractivity contribution in [1.82, 2.24) is 14.7 Å². The molecule has 2 heterocycles. The molecule has 1 aliphatic heterocycles. The predicted molar refractivity (Wildman–Crippen MR) is 75.3 cm³/mol. The molecule has 1 aliphatic rings. The van der Waals surface area contributed by atoms with E-state index in [2.05, 4.69) is 11.7 Å². The third-order valence-corrected chi connectivity index (χ3v) is 3.51. The van der Waals surface area contributed by atoms with Gasteiger partial charge in [-0.1, -0.05) is 12.7 Å². The first-order chi connectivity index (χ1) is 10.0.